The van der Waals surface area contributed by atoms with Crippen molar-refractivity contribution in [1.29, 1.82) is 0 Å². The van der Waals surface area contributed by atoms with E-state index in [9.17, 15) is 0 Å². The molecule has 1 N–H and O–H groups in total. The molecule has 0 aliphatic carbocycles. The Bertz CT molecular complexity index is 302. The number of unbranched alkanes of at least 4 members (excludes halogenated alkanes) is 1. The second-order valence-corrected chi connectivity index (χ2v) is 4.14. The Balaban J connectivity index is 2.37. The van der Waals surface area contributed by atoms with E-state index in [1.807, 2.05) is 12.4 Å². The summed E-state index contributed by atoms with van der Waals surface area (Å²) in [5.74, 6) is 0.909. The number of nitrogens with zero attached hydrogens (tertiary/aromatic N) is 2. The van der Waals surface area contributed by atoms with Crippen molar-refractivity contribution in [3.8, 4) is 0 Å². The topological polar surface area (TPSA) is 48.3 Å². The van der Waals surface area contributed by atoms with Crippen molar-refractivity contribution in [3.63, 3.8) is 0 Å². The van der Waals surface area contributed by atoms with Crippen LogP contribution in [-0.2, 0) is 16.0 Å². The molecule has 1 heterocycles. The summed E-state index contributed by atoms with van der Waals surface area (Å²) in [4.78, 5) is 4.30. The highest BCUT2D eigenvalue weighted by atomic mass is 16.5. The van der Waals surface area contributed by atoms with Crippen molar-refractivity contribution in [1.82, 2.24) is 9.55 Å². The first-order valence-electron chi connectivity index (χ1n) is 6.03. The summed E-state index contributed by atoms with van der Waals surface area (Å²) in [6.07, 6.45) is 5.98. The van der Waals surface area contributed by atoms with Crippen molar-refractivity contribution < 1.29 is 9.47 Å². The lowest BCUT2D eigenvalue weighted by Gasteiger charge is -2.15. The van der Waals surface area contributed by atoms with Gasteiger partial charge in [0, 0.05) is 45.8 Å². The van der Waals surface area contributed by atoms with Crippen LogP contribution in [0.1, 0.15) is 19.8 Å². The van der Waals surface area contributed by atoms with Crippen LogP contribution in [0, 0.1) is 0 Å². The Labute approximate surface area is 103 Å². The van der Waals surface area contributed by atoms with Gasteiger partial charge in [0.25, 0.3) is 0 Å². The van der Waals surface area contributed by atoms with Gasteiger partial charge in [-0.2, -0.15) is 0 Å². The summed E-state index contributed by atoms with van der Waals surface area (Å²) in [6, 6.07) is 0.264. The molecule has 1 aromatic rings. The van der Waals surface area contributed by atoms with Crippen molar-refractivity contribution in [2.24, 2.45) is 0 Å². The Morgan fingerprint density at radius 3 is 2.88 bits per heavy atom. The highest BCUT2D eigenvalue weighted by Crippen LogP contribution is 2.08. The number of imidazole rings is 1. The van der Waals surface area contributed by atoms with E-state index >= 15 is 0 Å². The number of nitrogens with one attached hydrogen (secondary N) is 1. The van der Waals surface area contributed by atoms with Gasteiger partial charge >= 0.3 is 0 Å². The van der Waals surface area contributed by atoms with E-state index < -0.39 is 0 Å². The van der Waals surface area contributed by atoms with Crippen LogP contribution in [0.3, 0.4) is 0 Å². The van der Waals surface area contributed by atoms with Crippen molar-refractivity contribution >= 4 is 5.95 Å². The molecule has 0 amide bonds. The molecule has 0 aromatic carbocycles. The third-order valence-corrected chi connectivity index (χ3v) is 2.51. The highest BCUT2D eigenvalue weighted by Gasteiger charge is 2.06. The lowest BCUT2D eigenvalue weighted by Crippen LogP contribution is -2.23. The standard InChI is InChI=1S/C12H23N3O2/c1-11(10-17-3)14-12-13-6-8-15(12)7-4-5-9-16-2/h6,8,11H,4-5,7,9-10H2,1-3H3,(H,13,14). The smallest absolute Gasteiger partial charge is 0.203 e. The number of aryl methyl sites for hydroxylation is 1. The van der Waals surface area contributed by atoms with Gasteiger partial charge in [-0.05, 0) is 19.8 Å². The first-order valence-corrected chi connectivity index (χ1v) is 6.03. The van der Waals surface area contributed by atoms with Gasteiger partial charge in [-0.3, -0.25) is 0 Å². The minimum absolute atomic E-state index is 0.264. The van der Waals surface area contributed by atoms with Gasteiger partial charge < -0.3 is 19.4 Å². The first-order chi connectivity index (χ1) is 8.27. The van der Waals surface area contributed by atoms with E-state index in [1.165, 1.54) is 0 Å². The zero-order valence-electron chi connectivity index (χ0n) is 11.0. The third kappa shape index (κ3) is 5.19. The quantitative estimate of drug-likeness (QED) is 0.669. The predicted octanol–water partition coefficient (Wildman–Crippen LogP) is 1.76. The fourth-order valence-corrected chi connectivity index (χ4v) is 1.67. The molecule has 5 nitrogen and oxygen atoms in total. The monoisotopic (exact) mass is 241 g/mol. The Kier molecular flexibility index (Phi) is 6.65. The van der Waals surface area contributed by atoms with Crippen LogP contribution in [0.25, 0.3) is 0 Å². The van der Waals surface area contributed by atoms with Gasteiger partial charge in [0.2, 0.25) is 5.95 Å². The number of rotatable bonds is 9. The normalized spacial score (nSPS) is 12.6. The molecule has 0 radical (unpaired) electrons. The van der Waals surface area contributed by atoms with E-state index in [0.29, 0.717) is 6.61 Å². The molecular formula is C12H23N3O2. The van der Waals surface area contributed by atoms with E-state index in [-0.39, 0.29) is 6.04 Å². The first kappa shape index (κ1) is 14.0. The van der Waals surface area contributed by atoms with Crippen LogP contribution in [0.15, 0.2) is 12.4 Å². The van der Waals surface area contributed by atoms with Gasteiger partial charge in [0.1, 0.15) is 0 Å². The van der Waals surface area contributed by atoms with E-state index in [4.69, 9.17) is 9.47 Å². The third-order valence-electron chi connectivity index (χ3n) is 2.51. The summed E-state index contributed by atoms with van der Waals surface area (Å²) in [6.45, 7) is 4.53. The van der Waals surface area contributed by atoms with Crippen LogP contribution in [0.2, 0.25) is 0 Å². The molecule has 1 atom stereocenters. The second-order valence-electron chi connectivity index (χ2n) is 4.14. The SMILES string of the molecule is COCCCCn1ccnc1NC(C)COC. The molecule has 0 fully saturated rings. The van der Waals surface area contributed by atoms with E-state index in [2.05, 4.69) is 21.8 Å². The molecule has 0 bridgehead atoms. The van der Waals surface area contributed by atoms with Gasteiger partial charge in [-0.1, -0.05) is 0 Å². The summed E-state index contributed by atoms with van der Waals surface area (Å²) in [5.41, 5.74) is 0. The second kappa shape index (κ2) is 8.08. The molecule has 5 heteroatoms. The molecule has 0 spiro atoms. The summed E-state index contributed by atoms with van der Waals surface area (Å²) >= 11 is 0. The maximum absolute atomic E-state index is 5.09. The molecule has 0 saturated heterocycles. The van der Waals surface area contributed by atoms with Crippen LogP contribution < -0.4 is 5.32 Å². The molecule has 17 heavy (non-hydrogen) atoms. The van der Waals surface area contributed by atoms with Gasteiger partial charge in [-0.15, -0.1) is 0 Å². The predicted molar refractivity (Wildman–Crippen MR) is 68.3 cm³/mol. The number of methoxy groups -OCH3 is 2. The number of anilines is 1. The maximum Gasteiger partial charge on any atom is 0.203 e. The zero-order valence-corrected chi connectivity index (χ0v) is 11.0. The Morgan fingerprint density at radius 1 is 1.35 bits per heavy atom. The number of aromatic nitrogens is 2. The van der Waals surface area contributed by atoms with Gasteiger partial charge in [0.05, 0.1) is 6.61 Å². The number of ether oxygens (including phenoxy) is 2. The summed E-state index contributed by atoms with van der Waals surface area (Å²) in [7, 11) is 3.44. The minimum Gasteiger partial charge on any atom is -0.385 e. The van der Waals surface area contributed by atoms with Crippen LogP contribution >= 0.6 is 0 Å². The molecule has 1 unspecified atom stereocenters. The van der Waals surface area contributed by atoms with Gasteiger partial charge in [-0.25, -0.2) is 4.98 Å². The summed E-state index contributed by atoms with van der Waals surface area (Å²) < 4.78 is 12.2. The summed E-state index contributed by atoms with van der Waals surface area (Å²) in [5, 5.41) is 3.33. The van der Waals surface area contributed by atoms with Crippen molar-refractivity contribution in [2.45, 2.75) is 32.4 Å². The van der Waals surface area contributed by atoms with Crippen molar-refractivity contribution in [2.75, 3.05) is 32.8 Å². The zero-order chi connectivity index (χ0) is 12.5. The fourth-order valence-electron chi connectivity index (χ4n) is 1.67. The largest absolute Gasteiger partial charge is 0.385 e. The van der Waals surface area contributed by atoms with Crippen LogP contribution in [0.4, 0.5) is 5.95 Å². The lowest BCUT2D eigenvalue weighted by molar-refractivity contribution is 0.189. The number of hydrogen-bond acceptors (Lipinski definition) is 4. The maximum atomic E-state index is 5.09. The lowest BCUT2D eigenvalue weighted by atomic mass is 10.3. The highest BCUT2D eigenvalue weighted by molar-refractivity contribution is 5.27. The fraction of sp³-hybridized carbons (Fsp3) is 0.750. The van der Waals surface area contributed by atoms with Crippen LogP contribution in [-0.4, -0.2) is 43.0 Å². The number of hydrogen-bond donors (Lipinski definition) is 1. The van der Waals surface area contributed by atoms with Crippen molar-refractivity contribution in [3.05, 3.63) is 12.4 Å². The Hall–Kier alpha value is -1.07. The van der Waals surface area contributed by atoms with Gasteiger partial charge in [0.15, 0.2) is 0 Å². The molecule has 0 aliphatic rings. The Morgan fingerprint density at radius 2 is 2.18 bits per heavy atom. The molecule has 0 saturated carbocycles. The molecule has 1 rings (SSSR count). The minimum atomic E-state index is 0.264. The average Bonchev–Trinajstić information content (AvgIpc) is 2.72. The molecule has 0 aliphatic heterocycles. The molecular weight excluding hydrogens is 218 g/mol. The van der Waals surface area contributed by atoms with E-state index in [0.717, 1.165) is 31.9 Å². The van der Waals surface area contributed by atoms with Crippen LogP contribution in [0.5, 0.6) is 0 Å². The van der Waals surface area contributed by atoms with E-state index in [1.54, 1.807) is 14.2 Å². The molecule has 1 aromatic heterocycles. The molecule has 98 valence electrons. The average molecular weight is 241 g/mol.